The molecule has 2 heteroatoms. The Morgan fingerprint density at radius 1 is 0.741 bits per heavy atom. The third kappa shape index (κ3) is 5.38. The number of hydrogen-bond acceptors (Lipinski definition) is 1. The van der Waals surface area contributed by atoms with E-state index in [2.05, 4.69) is 109 Å². The van der Waals surface area contributed by atoms with Gasteiger partial charge in [-0.15, -0.1) is 0 Å². The fraction of sp³-hybridized carbons (Fsp3) is 0.520. The molecular formula is C25H35BrO. The normalized spacial score (nSPS) is 13.0. The number of hydrogen-bond donors (Lipinski definition) is 0. The Morgan fingerprint density at radius 2 is 1.22 bits per heavy atom. The first kappa shape index (κ1) is 22.0. The van der Waals surface area contributed by atoms with Crippen LogP contribution in [0.15, 0.2) is 40.9 Å². The third-order valence-electron chi connectivity index (χ3n) is 4.90. The Labute approximate surface area is 174 Å². The van der Waals surface area contributed by atoms with E-state index in [4.69, 9.17) is 4.74 Å². The molecule has 2 aromatic carbocycles. The zero-order valence-electron chi connectivity index (χ0n) is 18.5. The van der Waals surface area contributed by atoms with Crippen molar-refractivity contribution in [3.8, 4) is 5.75 Å². The molecule has 0 aliphatic carbocycles. The van der Waals surface area contributed by atoms with Gasteiger partial charge in [0.05, 0.1) is 0 Å². The maximum atomic E-state index is 6.53. The highest BCUT2D eigenvalue weighted by atomic mass is 79.9. The van der Waals surface area contributed by atoms with Crippen molar-refractivity contribution in [2.45, 2.75) is 85.2 Å². The number of benzene rings is 2. The SMILES string of the molecule is CC(C)(C)c1cc(C(C)(C)C)c(OCc2ccccc2Br)c(C(C)(C)C)c1. The third-order valence-corrected chi connectivity index (χ3v) is 5.67. The fourth-order valence-corrected chi connectivity index (χ4v) is 3.50. The summed E-state index contributed by atoms with van der Waals surface area (Å²) in [5, 5.41) is 0. The average Bonchev–Trinajstić information content (AvgIpc) is 2.50. The van der Waals surface area contributed by atoms with Gasteiger partial charge in [0.2, 0.25) is 0 Å². The molecule has 0 aliphatic heterocycles. The summed E-state index contributed by atoms with van der Waals surface area (Å²) in [6.07, 6.45) is 0. The molecule has 0 bridgehead atoms. The molecule has 1 nitrogen and oxygen atoms in total. The van der Waals surface area contributed by atoms with Crippen molar-refractivity contribution in [3.05, 3.63) is 63.1 Å². The summed E-state index contributed by atoms with van der Waals surface area (Å²) in [6, 6.07) is 13.0. The lowest BCUT2D eigenvalue weighted by molar-refractivity contribution is 0.288. The quantitative estimate of drug-likeness (QED) is 0.480. The van der Waals surface area contributed by atoms with E-state index in [9.17, 15) is 0 Å². The van der Waals surface area contributed by atoms with Crippen LogP contribution in [0.25, 0.3) is 0 Å². The first-order valence-electron chi connectivity index (χ1n) is 9.77. The van der Waals surface area contributed by atoms with Gasteiger partial charge in [-0.3, -0.25) is 0 Å². The Morgan fingerprint density at radius 3 is 1.63 bits per heavy atom. The van der Waals surface area contributed by atoms with Crippen molar-refractivity contribution in [2.75, 3.05) is 0 Å². The molecule has 2 aromatic rings. The van der Waals surface area contributed by atoms with Crippen LogP contribution in [0, 0.1) is 0 Å². The summed E-state index contributed by atoms with van der Waals surface area (Å²) in [4.78, 5) is 0. The second-order valence-electron chi connectivity index (χ2n) is 10.5. The maximum Gasteiger partial charge on any atom is 0.127 e. The lowest BCUT2D eigenvalue weighted by Crippen LogP contribution is -2.23. The summed E-state index contributed by atoms with van der Waals surface area (Å²) < 4.78 is 7.61. The summed E-state index contributed by atoms with van der Waals surface area (Å²) in [5.74, 6) is 1.04. The molecule has 0 spiro atoms. The largest absolute Gasteiger partial charge is 0.488 e. The highest BCUT2D eigenvalue weighted by molar-refractivity contribution is 9.10. The molecule has 0 radical (unpaired) electrons. The van der Waals surface area contributed by atoms with Crippen LogP contribution in [-0.2, 0) is 22.9 Å². The number of ether oxygens (including phenoxy) is 1. The second kappa shape index (κ2) is 7.62. The summed E-state index contributed by atoms with van der Waals surface area (Å²) in [5.41, 5.74) is 5.21. The van der Waals surface area contributed by atoms with Crippen molar-refractivity contribution < 1.29 is 4.74 Å². The van der Waals surface area contributed by atoms with Gasteiger partial charge < -0.3 is 4.74 Å². The molecule has 148 valence electrons. The minimum Gasteiger partial charge on any atom is -0.488 e. The van der Waals surface area contributed by atoms with E-state index in [0.29, 0.717) is 6.61 Å². The first-order valence-corrected chi connectivity index (χ1v) is 10.6. The van der Waals surface area contributed by atoms with Gasteiger partial charge in [0.1, 0.15) is 12.4 Å². The van der Waals surface area contributed by atoms with Crippen LogP contribution >= 0.6 is 15.9 Å². The molecule has 0 saturated carbocycles. The van der Waals surface area contributed by atoms with E-state index in [-0.39, 0.29) is 16.2 Å². The van der Waals surface area contributed by atoms with Gasteiger partial charge in [-0.05, 0) is 27.9 Å². The standard InChI is InChI=1S/C25H35BrO/c1-23(2,3)18-14-19(24(4,5)6)22(20(15-18)25(7,8)9)27-16-17-12-10-11-13-21(17)26/h10-15H,16H2,1-9H3. The lowest BCUT2D eigenvalue weighted by Gasteiger charge is -2.33. The van der Waals surface area contributed by atoms with E-state index >= 15 is 0 Å². The highest BCUT2D eigenvalue weighted by Gasteiger charge is 2.30. The highest BCUT2D eigenvalue weighted by Crippen LogP contribution is 2.43. The monoisotopic (exact) mass is 430 g/mol. The smallest absolute Gasteiger partial charge is 0.127 e. The van der Waals surface area contributed by atoms with E-state index in [0.717, 1.165) is 15.8 Å². The van der Waals surface area contributed by atoms with E-state index in [1.165, 1.54) is 16.7 Å². The molecule has 0 aliphatic rings. The molecule has 0 N–H and O–H groups in total. The Bertz CT molecular complexity index is 763. The van der Waals surface area contributed by atoms with Crippen LogP contribution in [0.4, 0.5) is 0 Å². The van der Waals surface area contributed by atoms with Crippen molar-refractivity contribution in [1.82, 2.24) is 0 Å². The van der Waals surface area contributed by atoms with Gasteiger partial charge in [0, 0.05) is 21.2 Å². The molecule has 0 saturated heterocycles. The molecule has 0 atom stereocenters. The van der Waals surface area contributed by atoms with Crippen LogP contribution in [0.5, 0.6) is 5.75 Å². The van der Waals surface area contributed by atoms with Gasteiger partial charge in [-0.2, -0.15) is 0 Å². The number of rotatable bonds is 3. The average molecular weight is 431 g/mol. The maximum absolute atomic E-state index is 6.53. The van der Waals surface area contributed by atoms with Gasteiger partial charge in [0.15, 0.2) is 0 Å². The van der Waals surface area contributed by atoms with Crippen LogP contribution in [0.2, 0.25) is 0 Å². The Hall–Kier alpha value is -1.28. The minimum atomic E-state index is 0.00448. The van der Waals surface area contributed by atoms with E-state index in [1.807, 2.05) is 6.07 Å². The van der Waals surface area contributed by atoms with Gasteiger partial charge in [0.25, 0.3) is 0 Å². The summed E-state index contributed by atoms with van der Waals surface area (Å²) in [7, 11) is 0. The number of halogens is 1. The van der Waals surface area contributed by atoms with Crippen LogP contribution in [0.3, 0.4) is 0 Å². The van der Waals surface area contributed by atoms with Gasteiger partial charge in [-0.1, -0.05) is 109 Å². The van der Waals surface area contributed by atoms with E-state index in [1.54, 1.807) is 0 Å². The van der Waals surface area contributed by atoms with Gasteiger partial charge in [-0.25, -0.2) is 0 Å². The Balaban J connectivity index is 2.64. The fourth-order valence-electron chi connectivity index (χ4n) is 3.10. The predicted octanol–water partition coefficient (Wildman–Crippen LogP) is 7.92. The van der Waals surface area contributed by atoms with Crippen LogP contribution < -0.4 is 4.74 Å². The van der Waals surface area contributed by atoms with Gasteiger partial charge >= 0.3 is 0 Å². The molecule has 2 rings (SSSR count). The first-order chi connectivity index (χ1) is 12.2. The van der Waals surface area contributed by atoms with Crippen molar-refractivity contribution >= 4 is 15.9 Å². The molecule has 0 heterocycles. The second-order valence-corrected chi connectivity index (χ2v) is 11.4. The zero-order chi connectivity index (χ0) is 20.6. The van der Waals surface area contributed by atoms with Crippen molar-refractivity contribution in [2.24, 2.45) is 0 Å². The molecule has 0 amide bonds. The van der Waals surface area contributed by atoms with Crippen molar-refractivity contribution in [3.63, 3.8) is 0 Å². The Kier molecular flexibility index (Phi) is 6.21. The minimum absolute atomic E-state index is 0.00448. The van der Waals surface area contributed by atoms with Crippen molar-refractivity contribution in [1.29, 1.82) is 0 Å². The molecule has 0 fully saturated rings. The topological polar surface area (TPSA) is 9.23 Å². The molecule has 27 heavy (non-hydrogen) atoms. The van der Waals surface area contributed by atoms with Crippen LogP contribution in [-0.4, -0.2) is 0 Å². The predicted molar refractivity (Wildman–Crippen MR) is 121 cm³/mol. The molecule has 0 aromatic heterocycles. The van der Waals surface area contributed by atoms with E-state index < -0.39 is 0 Å². The summed E-state index contributed by atoms with van der Waals surface area (Å²) in [6.45, 7) is 21.0. The zero-order valence-corrected chi connectivity index (χ0v) is 20.0. The summed E-state index contributed by atoms with van der Waals surface area (Å²) >= 11 is 3.64. The molecular weight excluding hydrogens is 396 g/mol. The molecule has 0 unspecified atom stereocenters. The van der Waals surface area contributed by atoms with Crippen LogP contribution in [0.1, 0.15) is 84.6 Å². The lowest BCUT2D eigenvalue weighted by atomic mass is 9.74.